The van der Waals surface area contributed by atoms with Crippen LogP contribution in [-0.4, -0.2) is 0 Å². The summed E-state index contributed by atoms with van der Waals surface area (Å²) in [7, 11) is 0. The summed E-state index contributed by atoms with van der Waals surface area (Å²) in [5, 5.41) is 0. The van der Waals surface area contributed by atoms with E-state index in [2.05, 4.69) is 39.2 Å². The lowest BCUT2D eigenvalue weighted by Gasteiger charge is -1.97. The van der Waals surface area contributed by atoms with Crippen molar-refractivity contribution in [2.45, 2.75) is 62.8 Å². The first-order valence-electron chi connectivity index (χ1n) is 6.63. The van der Waals surface area contributed by atoms with Crippen LogP contribution < -0.4 is 0 Å². The molecule has 0 N–H and O–H groups in total. The van der Waals surface area contributed by atoms with Gasteiger partial charge in [0.2, 0.25) is 0 Å². The third-order valence-corrected chi connectivity index (χ3v) is 1.33. The van der Waals surface area contributed by atoms with Gasteiger partial charge in [0.25, 0.3) is 0 Å². The zero-order valence-corrected chi connectivity index (χ0v) is 13.4. The van der Waals surface area contributed by atoms with E-state index in [1.165, 1.54) is 5.57 Å². The third kappa shape index (κ3) is 46.0. The maximum Gasteiger partial charge on any atom is -0.00788 e. The molecule has 1 unspecified atom stereocenters. The number of rotatable bonds is 3. The lowest BCUT2D eigenvalue weighted by Crippen LogP contribution is -1.82. The molecule has 0 saturated carbocycles. The van der Waals surface area contributed by atoms with Gasteiger partial charge in [0.05, 0.1) is 0 Å². The maximum absolute atomic E-state index is 3.71. The van der Waals surface area contributed by atoms with Gasteiger partial charge in [-0.2, -0.15) is 0 Å². The maximum atomic E-state index is 3.71. The van der Waals surface area contributed by atoms with Crippen LogP contribution in [0.2, 0.25) is 0 Å². The van der Waals surface area contributed by atoms with Gasteiger partial charge in [0.1, 0.15) is 0 Å². The summed E-state index contributed by atoms with van der Waals surface area (Å²) in [6.45, 7) is 23.2. The van der Waals surface area contributed by atoms with E-state index < -0.39 is 0 Å². The lowest BCUT2D eigenvalue weighted by molar-refractivity contribution is 0.934. The Labute approximate surface area is 118 Å². The standard InChI is InChI=1S/C10H16.C3H6.2C2H6.CH4/c1-5-7-10(4)8-9(3)6-2;1-3-2;2*1-2;/h5-9H,2H2,1,3-4H3;3H,1H2,2H3;2*1-2H3;1H4/b7-5-,10-8-;;;;. The van der Waals surface area contributed by atoms with Crippen molar-refractivity contribution in [1.29, 1.82) is 0 Å². The molecule has 110 valence electrons. The summed E-state index contributed by atoms with van der Waals surface area (Å²) in [6.07, 6.45) is 10.0. The molecular weight excluding hydrogens is 216 g/mol. The molecule has 0 nitrogen and oxygen atoms in total. The highest BCUT2D eigenvalue weighted by atomic mass is 13.9. The van der Waals surface area contributed by atoms with Gasteiger partial charge >= 0.3 is 0 Å². The largest absolute Gasteiger partial charge is 0.103 e. The van der Waals surface area contributed by atoms with E-state index in [0.717, 1.165) is 0 Å². The molecule has 0 aliphatic heterocycles. The first-order valence-corrected chi connectivity index (χ1v) is 6.63. The zero-order valence-electron chi connectivity index (χ0n) is 13.4. The Balaban J connectivity index is -0.0000000599. The highest BCUT2D eigenvalue weighted by Gasteiger charge is 1.87. The van der Waals surface area contributed by atoms with Gasteiger partial charge in [-0.25, -0.2) is 0 Å². The Morgan fingerprint density at radius 1 is 1.00 bits per heavy atom. The van der Waals surface area contributed by atoms with E-state index >= 15 is 0 Å². The number of hydrogen-bond donors (Lipinski definition) is 0. The Hall–Kier alpha value is -1.04. The fraction of sp³-hybridized carbons (Fsp3) is 0.556. The molecule has 0 amide bonds. The second-order valence-electron chi connectivity index (χ2n) is 2.91. The van der Waals surface area contributed by atoms with Crippen molar-refractivity contribution in [3.63, 3.8) is 0 Å². The summed E-state index contributed by atoms with van der Waals surface area (Å²) in [5.74, 6) is 0.483. The van der Waals surface area contributed by atoms with E-state index in [4.69, 9.17) is 0 Å². The van der Waals surface area contributed by atoms with Gasteiger partial charge in [-0.05, 0) is 26.7 Å². The van der Waals surface area contributed by atoms with E-state index in [0.29, 0.717) is 5.92 Å². The fourth-order valence-corrected chi connectivity index (χ4v) is 0.801. The summed E-state index contributed by atoms with van der Waals surface area (Å²) in [4.78, 5) is 0. The van der Waals surface area contributed by atoms with Crippen molar-refractivity contribution in [1.82, 2.24) is 0 Å². The van der Waals surface area contributed by atoms with Gasteiger partial charge in [-0.3, -0.25) is 0 Å². The Morgan fingerprint density at radius 3 is 1.56 bits per heavy atom. The van der Waals surface area contributed by atoms with Crippen LogP contribution in [-0.2, 0) is 0 Å². The van der Waals surface area contributed by atoms with Crippen molar-refractivity contribution < 1.29 is 0 Å². The minimum Gasteiger partial charge on any atom is -0.103 e. The van der Waals surface area contributed by atoms with Crippen molar-refractivity contribution in [2.24, 2.45) is 5.92 Å². The van der Waals surface area contributed by atoms with Crippen LogP contribution in [0.5, 0.6) is 0 Å². The van der Waals surface area contributed by atoms with Gasteiger partial charge in [-0.15, -0.1) is 13.2 Å². The molecule has 0 aliphatic carbocycles. The van der Waals surface area contributed by atoms with E-state index in [-0.39, 0.29) is 7.43 Å². The number of hydrogen-bond acceptors (Lipinski definition) is 0. The van der Waals surface area contributed by atoms with Gasteiger partial charge in [0.15, 0.2) is 0 Å². The van der Waals surface area contributed by atoms with Crippen LogP contribution in [0.1, 0.15) is 62.8 Å². The minimum absolute atomic E-state index is 0. The topological polar surface area (TPSA) is 0 Å². The van der Waals surface area contributed by atoms with E-state index in [1.54, 1.807) is 6.08 Å². The highest BCUT2D eigenvalue weighted by Crippen LogP contribution is 2.04. The van der Waals surface area contributed by atoms with Crippen LogP contribution in [0.4, 0.5) is 0 Å². The quantitative estimate of drug-likeness (QED) is 0.368. The summed E-state index contributed by atoms with van der Waals surface area (Å²) >= 11 is 0. The van der Waals surface area contributed by atoms with Crippen molar-refractivity contribution in [3.05, 3.63) is 49.1 Å². The molecule has 0 aliphatic rings. The monoisotopic (exact) mass is 254 g/mol. The summed E-state index contributed by atoms with van der Waals surface area (Å²) < 4.78 is 0. The van der Waals surface area contributed by atoms with Crippen LogP contribution in [0, 0.1) is 5.92 Å². The first kappa shape index (κ1) is 30.2. The van der Waals surface area contributed by atoms with Crippen LogP contribution in [0.25, 0.3) is 0 Å². The Bertz CT molecular complexity index is 182. The second-order valence-corrected chi connectivity index (χ2v) is 2.91. The SMILES string of the molecule is C.C=CC.C=CC(C)/C=C(C)\C=C/C.CC.CC. The Kier molecular flexibility index (Phi) is 60.4. The molecule has 0 aromatic rings. The fourth-order valence-electron chi connectivity index (χ4n) is 0.801. The van der Waals surface area contributed by atoms with Crippen molar-refractivity contribution in [3.8, 4) is 0 Å². The van der Waals surface area contributed by atoms with Gasteiger partial charge < -0.3 is 0 Å². The third-order valence-electron chi connectivity index (χ3n) is 1.33. The lowest BCUT2D eigenvalue weighted by atomic mass is 10.1. The molecule has 1 atom stereocenters. The molecule has 0 rings (SSSR count). The normalized spacial score (nSPS) is 10.1. The van der Waals surface area contributed by atoms with Crippen molar-refractivity contribution >= 4 is 0 Å². The molecule has 0 saturated heterocycles. The van der Waals surface area contributed by atoms with Crippen LogP contribution >= 0.6 is 0 Å². The number of allylic oxidation sites excluding steroid dienone is 6. The van der Waals surface area contributed by atoms with Crippen LogP contribution in [0.3, 0.4) is 0 Å². The van der Waals surface area contributed by atoms with Gasteiger partial charge in [0, 0.05) is 0 Å². The first-order chi connectivity index (χ1) is 8.12. The molecule has 0 heterocycles. The van der Waals surface area contributed by atoms with E-state index in [9.17, 15) is 0 Å². The van der Waals surface area contributed by atoms with Crippen LogP contribution in [0.15, 0.2) is 49.1 Å². The molecule has 0 aromatic carbocycles. The molecule has 0 fully saturated rings. The van der Waals surface area contributed by atoms with E-state index in [1.807, 2.05) is 53.7 Å². The predicted molar refractivity (Wildman–Crippen MR) is 93.2 cm³/mol. The average molecular weight is 255 g/mol. The predicted octanol–water partition coefficient (Wildman–Crippen LogP) is 7.21. The zero-order chi connectivity index (χ0) is 14.7. The molecule has 18 heavy (non-hydrogen) atoms. The average Bonchev–Trinajstić information content (AvgIpc) is 2.35. The molecule has 0 bridgehead atoms. The molecule has 0 spiro atoms. The second kappa shape index (κ2) is 36.0. The molecule has 0 heteroatoms. The summed E-state index contributed by atoms with van der Waals surface area (Å²) in [5.41, 5.74) is 1.30. The molecule has 0 aromatic heterocycles. The van der Waals surface area contributed by atoms with Crippen molar-refractivity contribution in [2.75, 3.05) is 0 Å². The smallest absolute Gasteiger partial charge is 0.00788 e. The molecular formula is C18H38. The van der Waals surface area contributed by atoms with Gasteiger partial charge in [-0.1, -0.05) is 78.0 Å². The highest BCUT2D eigenvalue weighted by molar-refractivity contribution is 5.17. The Morgan fingerprint density at radius 2 is 1.33 bits per heavy atom. The summed E-state index contributed by atoms with van der Waals surface area (Å²) in [6, 6.07) is 0. The molecule has 0 radical (unpaired) electrons. The minimum atomic E-state index is 0.